The van der Waals surface area contributed by atoms with Gasteiger partial charge in [-0.05, 0) is 26.3 Å². The normalized spacial score (nSPS) is 15.6. The molecule has 4 rings (SSSR count). The predicted molar refractivity (Wildman–Crippen MR) is 112 cm³/mol. The van der Waals surface area contributed by atoms with Crippen molar-refractivity contribution in [3.63, 3.8) is 0 Å². The van der Waals surface area contributed by atoms with Gasteiger partial charge in [-0.1, -0.05) is 0 Å². The van der Waals surface area contributed by atoms with E-state index in [4.69, 9.17) is 14.7 Å². The molecule has 0 aromatic carbocycles. The van der Waals surface area contributed by atoms with Gasteiger partial charge < -0.3 is 9.64 Å². The molecule has 0 atom stereocenters. The monoisotopic (exact) mass is 403 g/mol. The first kappa shape index (κ1) is 18.7. The third-order valence-corrected chi connectivity index (χ3v) is 6.98. The van der Waals surface area contributed by atoms with Gasteiger partial charge in [-0.25, -0.2) is 15.0 Å². The number of aryl methyl sites for hydroxylation is 3. The van der Waals surface area contributed by atoms with Gasteiger partial charge in [0.05, 0.1) is 31.7 Å². The zero-order valence-electron chi connectivity index (χ0n) is 16.3. The Morgan fingerprint density at radius 1 is 1.15 bits per heavy atom. The second-order valence-electron chi connectivity index (χ2n) is 7.05. The molecule has 144 valence electrons. The van der Waals surface area contributed by atoms with Crippen molar-refractivity contribution in [3.05, 3.63) is 32.3 Å². The van der Waals surface area contributed by atoms with Crippen LogP contribution in [0, 0.1) is 20.8 Å². The summed E-state index contributed by atoms with van der Waals surface area (Å²) in [4.78, 5) is 21.5. The number of thiophene rings is 1. The smallest absolute Gasteiger partial charge is 0.146 e. The summed E-state index contributed by atoms with van der Waals surface area (Å²) in [6.07, 6.45) is 0. The van der Waals surface area contributed by atoms with Crippen LogP contribution >= 0.6 is 22.7 Å². The SMILES string of the molecule is Cc1csc(CN(C)c2nc(CN3CCOCC3)nc3sc(C)c(C)c23)n1. The fourth-order valence-electron chi connectivity index (χ4n) is 3.33. The number of hydrogen-bond acceptors (Lipinski definition) is 8. The number of ether oxygens (including phenoxy) is 1. The van der Waals surface area contributed by atoms with Crippen molar-refractivity contribution in [1.29, 1.82) is 0 Å². The highest BCUT2D eigenvalue weighted by molar-refractivity contribution is 7.18. The molecule has 0 aliphatic carbocycles. The van der Waals surface area contributed by atoms with E-state index in [2.05, 4.69) is 41.1 Å². The number of aromatic nitrogens is 3. The Morgan fingerprint density at radius 3 is 2.63 bits per heavy atom. The molecular weight excluding hydrogens is 378 g/mol. The number of rotatable bonds is 5. The van der Waals surface area contributed by atoms with Crippen LogP contribution in [-0.2, 0) is 17.8 Å². The van der Waals surface area contributed by atoms with E-state index in [1.54, 1.807) is 22.7 Å². The fraction of sp³-hybridized carbons (Fsp3) is 0.526. The van der Waals surface area contributed by atoms with Crippen LogP contribution in [-0.4, -0.2) is 53.2 Å². The summed E-state index contributed by atoms with van der Waals surface area (Å²) < 4.78 is 5.46. The van der Waals surface area contributed by atoms with Gasteiger partial charge in [0.15, 0.2) is 0 Å². The van der Waals surface area contributed by atoms with Gasteiger partial charge in [-0.15, -0.1) is 22.7 Å². The molecule has 8 heteroatoms. The van der Waals surface area contributed by atoms with Crippen LogP contribution in [0.3, 0.4) is 0 Å². The summed E-state index contributed by atoms with van der Waals surface area (Å²) >= 11 is 3.47. The molecule has 0 saturated carbocycles. The molecule has 0 N–H and O–H groups in total. The average molecular weight is 404 g/mol. The van der Waals surface area contributed by atoms with E-state index in [9.17, 15) is 0 Å². The van der Waals surface area contributed by atoms with E-state index in [0.29, 0.717) is 0 Å². The maximum absolute atomic E-state index is 5.46. The Labute approximate surface area is 167 Å². The van der Waals surface area contributed by atoms with Crippen LogP contribution in [0.1, 0.15) is 27.0 Å². The highest BCUT2D eigenvalue weighted by atomic mass is 32.1. The van der Waals surface area contributed by atoms with Crippen LogP contribution in [0.4, 0.5) is 5.82 Å². The lowest BCUT2D eigenvalue weighted by molar-refractivity contribution is 0.0331. The van der Waals surface area contributed by atoms with Gasteiger partial charge in [-0.3, -0.25) is 4.90 Å². The molecule has 4 heterocycles. The van der Waals surface area contributed by atoms with Gasteiger partial charge in [0.25, 0.3) is 0 Å². The van der Waals surface area contributed by atoms with Crippen molar-refractivity contribution >= 4 is 38.7 Å². The molecule has 0 unspecified atom stereocenters. The average Bonchev–Trinajstić information content (AvgIpc) is 3.18. The topological polar surface area (TPSA) is 54.4 Å². The highest BCUT2D eigenvalue weighted by Crippen LogP contribution is 2.35. The number of fused-ring (bicyclic) bond motifs is 1. The van der Waals surface area contributed by atoms with E-state index in [1.165, 1.54) is 15.8 Å². The third kappa shape index (κ3) is 3.99. The summed E-state index contributed by atoms with van der Waals surface area (Å²) in [7, 11) is 2.10. The van der Waals surface area contributed by atoms with Gasteiger partial charge in [0.1, 0.15) is 21.5 Å². The number of anilines is 1. The van der Waals surface area contributed by atoms with Crippen molar-refractivity contribution < 1.29 is 4.74 Å². The molecule has 1 saturated heterocycles. The molecule has 3 aromatic rings. The lowest BCUT2D eigenvalue weighted by Crippen LogP contribution is -2.36. The molecule has 3 aromatic heterocycles. The third-order valence-electron chi connectivity index (χ3n) is 4.93. The molecule has 1 fully saturated rings. The van der Waals surface area contributed by atoms with E-state index in [-0.39, 0.29) is 0 Å². The summed E-state index contributed by atoms with van der Waals surface area (Å²) in [5.41, 5.74) is 2.36. The van der Waals surface area contributed by atoms with Crippen LogP contribution in [0.15, 0.2) is 5.38 Å². The Bertz CT molecular complexity index is 945. The first-order valence-electron chi connectivity index (χ1n) is 9.20. The lowest BCUT2D eigenvalue weighted by Gasteiger charge is -2.26. The largest absolute Gasteiger partial charge is 0.379 e. The second-order valence-corrected chi connectivity index (χ2v) is 9.20. The molecule has 1 aliphatic rings. The molecule has 0 spiro atoms. The van der Waals surface area contributed by atoms with Gasteiger partial charge in [0.2, 0.25) is 0 Å². The number of morpholine rings is 1. The summed E-state index contributed by atoms with van der Waals surface area (Å²) in [6, 6.07) is 0. The zero-order valence-corrected chi connectivity index (χ0v) is 17.9. The van der Waals surface area contributed by atoms with Crippen LogP contribution in [0.25, 0.3) is 10.2 Å². The summed E-state index contributed by atoms with van der Waals surface area (Å²) in [6.45, 7) is 11.4. The summed E-state index contributed by atoms with van der Waals surface area (Å²) in [5.74, 6) is 1.90. The van der Waals surface area contributed by atoms with Crippen molar-refractivity contribution in [2.24, 2.45) is 0 Å². The van der Waals surface area contributed by atoms with Crippen LogP contribution < -0.4 is 4.90 Å². The summed E-state index contributed by atoms with van der Waals surface area (Å²) in [5, 5.41) is 4.39. The van der Waals surface area contributed by atoms with E-state index >= 15 is 0 Å². The van der Waals surface area contributed by atoms with Gasteiger partial charge in [-0.2, -0.15) is 0 Å². The molecular formula is C19H25N5OS2. The lowest BCUT2D eigenvalue weighted by atomic mass is 10.2. The maximum Gasteiger partial charge on any atom is 0.146 e. The van der Waals surface area contributed by atoms with Gasteiger partial charge in [0, 0.05) is 36.1 Å². The van der Waals surface area contributed by atoms with Crippen molar-refractivity contribution in [1.82, 2.24) is 19.9 Å². The minimum atomic E-state index is 0.760. The highest BCUT2D eigenvalue weighted by Gasteiger charge is 2.20. The minimum Gasteiger partial charge on any atom is -0.379 e. The van der Waals surface area contributed by atoms with Crippen LogP contribution in [0.5, 0.6) is 0 Å². The predicted octanol–water partition coefficient (Wildman–Crippen LogP) is 3.54. The van der Waals surface area contributed by atoms with Crippen LogP contribution in [0.2, 0.25) is 0 Å². The fourth-order valence-corrected chi connectivity index (χ4v) is 5.20. The molecule has 0 bridgehead atoms. The molecule has 0 amide bonds. The molecule has 0 radical (unpaired) electrons. The quantitative estimate of drug-likeness (QED) is 0.649. The standard InChI is InChI=1S/C19H25N5OS2/c1-12-11-26-16(20-12)10-23(4)18-17-13(2)14(3)27-19(17)22-15(21-18)9-24-5-7-25-8-6-24/h11H,5-10H2,1-4H3. The zero-order chi connectivity index (χ0) is 19.0. The molecule has 6 nitrogen and oxygen atoms in total. The van der Waals surface area contributed by atoms with Crippen molar-refractivity contribution in [2.75, 3.05) is 38.3 Å². The maximum atomic E-state index is 5.46. The van der Waals surface area contributed by atoms with E-state index in [1.807, 2.05) is 6.92 Å². The Hall–Kier alpha value is -1.61. The van der Waals surface area contributed by atoms with Crippen molar-refractivity contribution in [2.45, 2.75) is 33.9 Å². The molecule has 1 aliphatic heterocycles. The minimum absolute atomic E-state index is 0.760. The molecule has 27 heavy (non-hydrogen) atoms. The van der Waals surface area contributed by atoms with E-state index in [0.717, 1.165) is 66.6 Å². The Kier molecular flexibility index (Phi) is 5.41. The number of nitrogens with zero attached hydrogens (tertiary/aromatic N) is 5. The first-order chi connectivity index (χ1) is 13.0. The first-order valence-corrected chi connectivity index (χ1v) is 10.9. The number of thiazole rings is 1. The van der Waals surface area contributed by atoms with E-state index < -0.39 is 0 Å². The van der Waals surface area contributed by atoms with Gasteiger partial charge >= 0.3 is 0 Å². The Balaban J connectivity index is 1.69. The second kappa shape index (κ2) is 7.79. The number of hydrogen-bond donors (Lipinski definition) is 0. The Morgan fingerprint density at radius 2 is 1.93 bits per heavy atom. The van der Waals surface area contributed by atoms with Crippen molar-refractivity contribution in [3.8, 4) is 0 Å².